The fourth-order valence-corrected chi connectivity index (χ4v) is 2.45. The van der Waals surface area contributed by atoms with E-state index in [4.69, 9.17) is 23.8 Å². The van der Waals surface area contributed by atoms with Gasteiger partial charge in [-0.25, -0.2) is 0 Å². The van der Waals surface area contributed by atoms with Crippen LogP contribution in [0.4, 0.5) is 13.2 Å². The average Bonchev–Trinajstić information content (AvgIpc) is 2.92. The molecule has 0 bridgehead atoms. The van der Waals surface area contributed by atoms with Gasteiger partial charge in [0, 0.05) is 30.4 Å². The van der Waals surface area contributed by atoms with Crippen molar-refractivity contribution in [1.29, 1.82) is 0 Å². The summed E-state index contributed by atoms with van der Waals surface area (Å²) >= 11 is 11.0. The number of thiocarbonyl (C=S) groups is 1. The Labute approximate surface area is 154 Å². The van der Waals surface area contributed by atoms with E-state index >= 15 is 0 Å². The number of rotatable bonds is 6. The molecule has 1 aromatic carbocycles. The van der Waals surface area contributed by atoms with Crippen molar-refractivity contribution in [2.75, 3.05) is 6.54 Å². The van der Waals surface area contributed by atoms with Crippen molar-refractivity contribution in [1.82, 2.24) is 20.4 Å². The van der Waals surface area contributed by atoms with Crippen molar-refractivity contribution in [3.8, 4) is 0 Å². The second-order valence-corrected chi connectivity index (χ2v) is 6.33. The van der Waals surface area contributed by atoms with E-state index in [2.05, 4.69) is 15.7 Å². The molecule has 2 rings (SSSR count). The largest absolute Gasteiger partial charge is 0.435 e. The summed E-state index contributed by atoms with van der Waals surface area (Å²) in [4.78, 5) is 0. The molecule has 0 saturated carbocycles. The lowest BCUT2D eigenvalue weighted by Crippen LogP contribution is -2.35. The highest BCUT2D eigenvalue weighted by Gasteiger charge is 2.34. The van der Waals surface area contributed by atoms with Gasteiger partial charge < -0.3 is 10.6 Å². The lowest BCUT2D eigenvalue weighted by atomic mass is 10.2. The third-order valence-corrected chi connectivity index (χ3v) is 4.01. The number of nitrogens with one attached hydrogen (secondary N) is 2. The molecule has 0 spiro atoms. The number of hydrogen-bond acceptors (Lipinski definition) is 2. The van der Waals surface area contributed by atoms with Crippen LogP contribution >= 0.6 is 23.8 Å². The molecular formula is C16H18ClF3N4S. The summed E-state index contributed by atoms with van der Waals surface area (Å²) in [6.45, 7) is 3.09. The highest BCUT2D eigenvalue weighted by atomic mass is 35.5. The lowest BCUT2D eigenvalue weighted by Gasteiger charge is -2.11. The summed E-state index contributed by atoms with van der Waals surface area (Å²) in [5.41, 5.74) is 0.661. The van der Waals surface area contributed by atoms with Crippen LogP contribution < -0.4 is 10.6 Å². The van der Waals surface area contributed by atoms with E-state index in [9.17, 15) is 13.2 Å². The molecule has 0 aliphatic heterocycles. The molecule has 0 saturated heterocycles. The van der Waals surface area contributed by atoms with Crippen molar-refractivity contribution >= 4 is 28.9 Å². The van der Waals surface area contributed by atoms with E-state index in [1.54, 1.807) is 19.1 Å². The van der Waals surface area contributed by atoms with E-state index in [1.807, 2.05) is 12.1 Å². The second kappa shape index (κ2) is 8.53. The van der Waals surface area contributed by atoms with Crippen molar-refractivity contribution < 1.29 is 13.2 Å². The maximum absolute atomic E-state index is 12.6. The van der Waals surface area contributed by atoms with Crippen LogP contribution in [-0.4, -0.2) is 21.4 Å². The molecule has 25 heavy (non-hydrogen) atoms. The summed E-state index contributed by atoms with van der Waals surface area (Å²) in [5.74, 6) is 0. The van der Waals surface area contributed by atoms with Crippen molar-refractivity contribution in [2.45, 2.75) is 32.6 Å². The number of halogens is 4. The zero-order valence-electron chi connectivity index (χ0n) is 13.5. The first-order valence-electron chi connectivity index (χ1n) is 7.63. The van der Waals surface area contributed by atoms with Gasteiger partial charge >= 0.3 is 6.18 Å². The van der Waals surface area contributed by atoms with Gasteiger partial charge in [0.1, 0.15) is 0 Å². The molecule has 0 atom stereocenters. The molecule has 9 heteroatoms. The molecule has 0 aliphatic rings. The van der Waals surface area contributed by atoms with E-state index in [0.717, 1.165) is 11.6 Å². The molecule has 0 radical (unpaired) electrons. The second-order valence-electron chi connectivity index (χ2n) is 5.48. The number of benzene rings is 1. The smallest absolute Gasteiger partial charge is 0.363 e. The Bertz CT molecular complexity index is 713. The van der Waals surface area contributed by atoms with Crippen LogP contribution in [-0.2, 0) is 19.3 Å². The van der Waals surface area contributed by atoms with Crippen molar-refractivity contribution in [3.63, 3.8) is 0 Å². The number of aryl methyl sites for hydroxylation is 2. The standard InChI is InChI=1S/C16H18ClF3N4S/c1-11-9-14(16(18,19)20)23-24(11)8-2-7-21-15(25)22-10-12-3-5-13(17)6-4-12/h3-6,9H,2,7-8,10H2,1H3,(H2,21,22,25). The Morgan fingerprint density at radius 3 is 2.52 bits per heavy atom. The fraction of sp³-hybridized carbons (Fsp3) is 0.375. The number of hydrogen-bond donors (Lipinski definition) is 2. The maximum Gasteiger partial charge on any atom is 0.435 e. The molecule has 2 aromatic rings. The molecule has 0 amide bonds. The van der Waals surface area contributed by atoms with Crippen LogP contribution in [0.15, 0.2) is 30.3 Å². The minimum Gasteiger partial charge on any atom is -0.363 e. The summed E-state index contributed by atoms with van der Waals surface area (Å²) in [6, 6.07) is 8.45. The predicted octanol–water partition coefficient (Wildman–Crippen LogP) is 3.92. The zero-order chi connectivity index (χ0) is 18.4. The van der Waals surface area contributed by atoms with Gasteiger partial charge in [-0.05, 0) is 49.3 Å². The van der Waals surface area contributed by atoms with Crippen LogP contribution in [0, 0.1) is 6.92 Å². The highest BCUT2D eigenvalue weighted by Crippen LogP contribution is 2.28. The van der Waals surface area contributed by atoms with Gasteiger partial charge in [0.25, 0.3) is 0 Å². The van der Waals surface area contributed by atoms with E-state index in [-0.39, 0.29) is 0 Å². The van der Waals surface area contributed by atoms with Gasteiger partial charge in [-0.1, -0.05) is 23.7 Å². The lowest BCUT2D eigenvalue weighted by molar-refractivity contribution is -0.141. The van der Waals surface area contributed by atoms with Crippen LogP contribution in [0.3, 0.4) is 0 Å². The van der Waals surface area contributed by atoms with Crippen molar-refractivity contribution in [2.24, 2.45) is 0 Å². The topological polar surface area (TPSA) is 41.9 Å². The fourth-order valence-electron chi connectivity index (χ4n) is 2.15. The first kappa shape index (κ1) is 19.5. The predicted molar refractivity (Wildman–Crippen MR) is 95.5 cm³/mol. The molecule has 0 fully saturated rings. The average molecular weight is 391 g/mol. The molecule has 2 N–H and O–H groups in total. The molecule has 0 aliphatic carbocycles. The Morgan fingerprint density at radius 2 is 1.92 bits per heavy atom. The van der Waals surface area contributed by atoms with Gasteiger partial charge in [-0.3, -0.25) is 4.68 Å². The summed E-state index contributed by atoms with van der Waals surface area (Å²) < 4.78 is 39.2. The molecule has 1 heterocycles. The zero-order valence-corrected chi connectivity index (χ0v) is 15.1. The quantitative estimate of drug-likeness (QED) is 0.579. The van der Waals surface area contributed by atoms with E-state index in [1.165, 1.54) is 4.68 Å². The van der Waals surface area contributed by atoms with Gasteiger partial charge in [-0.2, -0.15) is 18.3 Å². The SMILES string of the molecule is Cc1cc(C(F)(F)F)nn1CCCNC(=S)NCc1ccc(Cl)cc1. The first-order chi connectivity index (χ1) is 11.8. The third kappa shape index (κ3) is 6.21. The summed E-state index contributed by atoms with van der Waals surface area (Å²) in [7, 11) is 0. The number of nitrogens with zero attached hydrogens (tertiary/aromatic N) is 2. The number of aromatic nitrogens is 2. The van der Waals surface area contributed by atoms with Crippen LogP contribution in [0.25, 0.3) is 0 Å². The van der Waals surface area contributed by atoms with Gasteiger partial charge in [0.05, 0.1) is 0 Å². The molecule has 1 aromatic heterocycles. The number of alkyl halides is 3. The maximum atomic E-state index is 12.6. The van der Waals surface area contributed by atoms with Crippen LogP contribution in [0.1, 0.15) is 23.4 Å². The molecule has 136 valence electrons. The molecular weight excluding hydrogens is 373 g/mol. The Balaban J connectivity index is 1.69. The van der Waals surface area contributed by atoms with Crippen LogP contribution in [0.5, 0.6) is 0 Å². The first-order valence-corrected chi connectivity index (χ1v) is 8.42. The normalized spacial score (nSPS) is 11.4. The Hall–Kier alpha value is -1.80. The third-order valence-electron chi connectivity index (χ3n) is 3.47. The van der Waals surface area contributed by atoms with E-state index < -0.39 is 11.9 Å². The van der Waals surface area contributed by atoms with E-state index in [0.29, 0.717) is 41.9 Å². The minimum absolute atomic E-state index is 0.384. The van der Waals surface area contributed by atoms with Gasteiger partial charge in [-0.15, -0.1) is 0 Å². The molecule has 4 nitrogen and oxygen atoms in total. The summed E-state index contributed by atoms with van der Waals surface area (Å²) in [5, 5.41) is 10.8. The minimum atomic E-state index is -4.42. The summed E-state index contributed by atoms with van der Waals surface area (Å²) in [6.07, 6.45) is -3.82. The Kier molecular flexibility index (Phi) is 6.66. The van der Waals surface area contributed by atoms with Crippen molar-refractivity contribution in [3.05, 3.63) is 52.3 Å². The van der Waals surface area contributed by atoms with Gasteiger partial charge in [0.15, 0.2) is 10.8 Å². The molecule has 0 unspecified atom stereocenters. The van der Waals surface area contributed by atoms with Crippen LogP contribution in [0.2, 0.25) is 5.02 Å². The Morgan fingerprint density at radius 1 is 1.24 bits per heavy atom. The van der Waals surface area contributed by atoms with Gasteiger partial charge in [0.2, 0.25) is 0 Å². The highest BCUT2D eigenvalue weighted by molar-refractivity contribution is 7.80. The monoisotopic (exact) mass is 390 g/mol.